The highest BCUT2D eigenvalue weighted by molar-refractivity contribution is 6.06. The fraction of sp³-hybridized carbons (Fsp3) is 0.474. The van der Waals surface area contributed by atoms with Gasteiger partial charge in [0, 0.05) is 29.9 Å². The van der Waals surface area contributed by atoms with E-state index in [2.05, 4.69) is 20.6 Å². The zero-order chi connectivity index (χ0) is 18.4. The molecule has 1 N–H and O–H groups in total. The van der Waals surface area contributed by atoms with Crippen molar-refractivity contribution in [2.24, 2.45) is 0 Å². The normalized spacial score (nSPS) is 15.4. The Balaban J connectivity index is 1.67. The second-order valence-electron chi connectivity index (χ2n) is 7.04. The molecule has 4 rings (SSSR count). The molecule has 0 aromatic carbocycles. The maximum Gasteiger partial charge on any atom is 0.259 e. The van der Waals surface area contributed by atoms with E-state index in [4.69, 9.17) is 4.52 Å². The second kappa shape index (κ2) is 6.23. The quantitative estimate of drug-likeness (QED) is 0.759. The van der Waals surface area contributed by atoms with Crippen molar-refractivity contribution < 1.29 is 9.32 Å². The Hall–Kier alpha value is -2.70. The van der Waals surface area contributed by atoms with Crippen molar-refractivity contribution >= 4 is 17.0 Å². The topological polar surface area (TPSA) is 85.8 Å². The van der Waals surface area contributed by atoms with Gasteiger partial charge in [-0.05, 0) is 46.6 Å². The number of hydrogen-bond donors (Lipinski definition) is 1. The number of pyridine rings is 1. The Kier molecular flexibility index (Phi) is 4.01. The predicted molar refractivity (Wildman–Crippen MR) is 97.0 cm³/mol. The third-order valence-electron chi connectivity index (χ3n) is 5.00. The monoisotopic (exact) mass is 353 g/mol. The number of aryl methyl sites for hydroxylation is 3. The molecule has 3 heterocycles. The molecular weight excluding hydrogens is 330 g/mol. The van der Waals surface area contributed by atoms with E-state index in [0.717, 1.165) is 36.3 Å². The lowest BCUT2D eigenvalue weighted by Gasteiger charge is -2.14. The highest BCUT2D eigenvalue weighted by Gasteiger charge is 2.29. The number of rotatable bonds is 5. The number of hydrogen-bond acceptors (Lipinski definition) is 5. The summed E-state index contributed by atoms with van der Waals surface area (Å²) in [6.07, 6.45) is 4.21. The largest absolute Gasteiger partial charge is 0.345 e. The third kappa shape index (κ3) is 2.87. The van der Waals surface area contributed by atoms with Crippen LogP contribution in [0.5, 0.6) is 0 Å². The van der Waals surface area contributed by atoms with Gasteiger partial charge in [0.2, 0.25) is 0 Å². The Labute approximate surface area is 151 Å². The molecule has 1 aliphatic carbocycles. The summed E-state index contributed by atoms with van der Waals surface area (Å²) in [4.78, 5) is 17.6. The van der Waals surface area contributed by atoms with Gasteiger partial charge in [-0.15, -0.1) is 0 Å². The number of carbonyl (C=O) groups is 1. The number of carbonyl (C=O) groups excluding carboxylic acids is 1. The van der Waals surface area contributed by atoms with Gasteiger partial charge in [0.1, 0.15) is 0 Å². The Morgan fingerprint density at radius 1 is 1.38 bits per heavy atom. The summed E-state index contributed by atoms with van der Waals surface area (Å²) >= 11 is 0. The van der Waals surface area contributed by atoms with Gasteiger partial charge in [-0.25, -0.2) is 4.98 Å². The number of fused-ring (bicyclic) bond motifs is 1. The van der Waals surface area contributed by atoms with Crippen molar-refractivity contribution in [3.8, 4) is 0 Å². The van der Waals surface area contributed by atoms with E-state index >= 15 is 0 Å². The summed E-state index contributed by atoms with van der Waals surface area (Å²) < 4.78 is 7.21. The fourth-order valence-corrected chi connectivity index (χ4v) is 3.35. The molecular formula is C19H23N5O2. The third-order valence-corrected chi connectivity index (χ3v) is 5.00. The molecule has 0 spiro atoms. The molecule has 3 aromatic heterocycles. The van der Waals surface area contributed by atoms with E-state index in [-0.39, 0.29) is 11.9 Å². The van der Waals surface area contributed by atoms with Crippen LogP contribution in [-0.2, 0) is 6.54 Å². The molecule has 0 aliphatic heterocycles. The first-order chi connectivity index (χ1) is 12.5. The van der Waals surface area contributed by atoms with Crippen LogP contribution < -0.4 is 5.32 Å². The lowest BCUT2D eigenvalue weighted by Crippen LogP contribution is -2.27. The zero-order valence-corrected chi connectivity index (χ0v) is 15.5. The lowest BCUT2D eigenvalue weighted by atomic mass is 10.1. The van der Waals surface area contributed by atoms with Crippen LogP contribution in [0.15, 0.2) is 16.8 Å². The predicted octanol–water partition coefficient (Wildman–Crippen LogP) is 3.42. The molecule has 1 fully saturated rings. The minimum Gasteiger partial charge on any atom is -0.345 e. The van der Waals surface area contributed by atoms with Crippen LogP contribution in [0.4, 0.5) is 0 Å². The average molecular weight is 353 g/mol. The van der Waals surface area contributed by atoms with Crippen molar-refractivity contribution in [3.05, 3.63) is 40.5 Å². The van der Waals surface area contributed by atoms with Crippen LogP contribution in [0.1, 0.15) is 71.7 Å². The molecule has 7 nitrogen and oxygen atoms in total. The smallest absolute Gasteiger partial charge is 0.259 e. The zero-order valence-electron chi connectivity index (χ0n) is 15.5. The van der Waals surface area contributed by atoms with Gasteiger partial charge < -0.3 is 9.84 Å². The molecule has 0 saturated heterocycles. The van der Waals surface area contributed by atoms with E-state index in [1.165, 1.54) is 0 Å². The van der Waals surface area contributed by atoms with Crippen LogP contribution in [0, 0.1) is 13.8 Å². The van der Waals surface area contributed by atoms with Crippen molar-refractivity contribution in [2.75, 3.05) is 0 Å². The molecule has 7 heteroatoms. The number of nitrogens with zero attached hydrogens (tertiary/aromatic N) is 4. The van der Waals surface area contributed by atoms with E-state index in [9.17, 15) is 4.79 Å². The van der Waals surface area contributed by atoms with Crippen LogP contribution in [0.3, 0.4) is 0 Å². The highest BCUT2D eigenvalue weighted by Crippen LogP contribution is 2.40. The van der Waals surface area contributed by atoms with E-state index in [1.54, 1.807) is 0 Å². The maximum atomic E-state index is 13.0. The molecule has 1 atom stereocenters. The first-order valence-electron chi connectivity index (χ1n) is 9.09. The summed E-state index contributed by atoms with van der Waals surface area (Å²) in [6, 6.07) is 1.75. The van der Waals surface area contributed by atoms with Crippen LogP contribution >= 0.6 is 0 Å². The maximum absolute atomic E-state index is 13.0. The molecule has 1 amide bonds. The number of nitrogens with one attached hydrogen (secondary N) is 1. The molecule has 3 aromatic rings. The summed E-state index contributed by atoms with van der Waals surface area (Å²) in [5, 5.41) is 12.2. The van der Waals surface area contributed by atoms with Gasteiger partial charge in [0.25, 0.3) is 11.6 Å². The van der Waals surface area contributed by atoms with Crippen LogP contribution in [0.25, 0.3) is 11.1 Å². The molecule has 136 valence electrons. The van der Waals surface area contributed by atoms with Crippen molar-refractivity contribution in [2.45, 2.75) is 59.0 Å². The van der Waals surface area contributed by atoms with Gasteiger partial charge in [0.15, 0.2) is 0 Å². The van der Waals surface area contributed by atoms with E-state index < -0.39 is 0 Å². The highest BCUT2D eigenvalue weighted by atomic mass is 16.5. The van der Waals surface area contributed by atoms with Gasteiger partial charge in [-0.3, -0.25) is 9.48 Å². The SMILES string of the molecule is CCn1cc(C(C)NC(=O)c2cc(C3CC3)nc3onc(C)c23)c(C)n1. The second-order valence-corrected chi connectivity index (χ2v) is 7.04. The van der Waals surface area contributed by atoms with Crippen LogP contribution in [0.2, 0.25) is 0 Å². The Morgan fingerprint density at radius 2 is 2.15 bits per heavy atom. The summed E-state index contributed by atoms with van der Waals surface area (Å²) in [7, 11) is 0. The van der Waals surface area contributed by atoms with Crippen molar-refractivity contribution in [1.82, 2.24) is 25.2 Å². The van der Waals surface area contributed by atoms with Crippen molar-refractivity contribution in [3.63, 3.8) is 0 Å². The Bertz CT molecular complexity index is 983. The molecule has 1 aliphatic rings. The molecule has 0 radical (unpaired) electrons. The minimum atomic E-state index is -0.143. The minimum absolute atomic E-state index is 0.137. The van der Waals surface area contributed by atoms with Gasteiger partial charge in [-0.1, -0.05) is 5.16 Å². The number of aromatic nitrogens is 4. The van der Waals surface area contributed by atoms with Gasteiger partial charge >= 0.3 is 0 Å². The lowest BCUT2D eigenvalue weighted by molar-refractivity contribution is 0.0941. The van der Waals surface area contributed by atoms with Crippen molar-refractivity contribution in [1.29, 1.82) is 0 Å². The van der Waals surface area contributed by atoms with E-state index in [0.29, 0.717) is 28.3 Å². The molecule has 1 saturated carbocycles. The summed E-state index contributed by atoms with van der Waals surface area (Å²) in [5.41, 5.74) is 4.58. The van der Waals surface area contributed by atoms with Crippen LogP contribution in [-0.4, -0.2) is 25.8 Å². The average Bonchev–Trinajstić information content (AvgIpc) is 3.31. The molecule has 0 bridgehead atoms. The Morgan fingerprint density at radius 3 is 2.81 bits per heavy atom. The summed E-state index contributed by atoms with van der Waals surface area (Å²) in [5.74, 6) is 0.292. The standard InChI is InChI=1S/C19H23N5O2/c1-5-24-9-15(11(3)22-24)10(2)20-18(25)14-8-16(13-6-7-13)21-19-17(14)12(4)23-26-19/h8-10,13H,5-7H2,1-4H3,(H,20,25). The van der Waals surface area contributed by atoms with E-state index in [1.807, 2.05) is 44.6 Å². The first kappa shape index (κ1) is 16.8. The fourth-order valence-electron chi connectivity index (χ4n) is 3.35. The van der Waals surface area contributed by atoms with Gasteiger partial charge in [0.05, 0.1) is 28.4 Å². The van der Waals surface area contributed by atoms with Gasteiger partial charge in [-0.2, -0.15) is 5.10 Å². The molecule has 1 unspecified atom stereocenters. The first-order valence-corrected chi connectivity index (χ1v) is 9.09. The number of amides is 1. The summed E-state index contributed by atoms with van der Waals surface area (Å²) in [6.45, 7) is 8.62. The molecule has 26 heavy (non-hydrogen) atoms.